The molecular formula is C27H25N3O4. The van der Waals surface area contributed by atoms with Crippen molar-refractivity contribution in [2.75, 3.05) is 5.32 Å². The molecule has 0 unspecified atom stereocenters. The largest absolute Gasteiger partial charge is 0.449 e. The molecule has 3 aromatic carbocycles. The summed E-state index contributed by atoms with van der Waals surface area (Å²) in [5.74, 6) is -0.310. The van der Waals surface area contributed by atoms with Gasteiger partial charge in [0.05, 0.1) is 16.5 Å². The fourth-order valence-electron chi connectivity index (χ4n) is 4.34. The number of esters is 1. The fraction of sp³-hybridized carbons (Fsp3) is 0.259. The highest BCUT2D eigenvalue weighted by Gasteiger charge is 2.21. The molecule has 0 aliphatic carbocycles. The number of hydrogen-bond donors (Lipinski definition) is 1. The summed E-state index contributed by atoms with van der Waals surface area (Å²) < 4.78 is 7.15. The molecule has 0 spiro atoms. The molecule has 34 heavy (non-hydrogen) atoms. The van der Waals surface area contributed by atoms with E-state index in [1.54, 1.807) is 22.8 Å². The summed E-state index contributed by atoms with van der Waals surface area (Å²) in [6.45, 7) is 2.20. The third kappa shape index (κ3) is 4.29. The molecule has 1 aliphatic heterocycles. The minimum atomic E-state index is -1.000. The van der Waals surface area contributed by atoms with E-state index in [1.165, 1.54) is 6.92 Å². The van der Waals surface area contributed by atoms with Crippen molar-refractivity contribution in [2.24, 2.45) is 0 Å². The Morgan fingerprint density at radius 1 is 1.00 bits per heavy atom. The second-order valence-corrected chi connectivity index (χ2v) is 8.63. The number of carbonyl (C=O) groups is 2. The standard InChI is InChI=1S/C27H25N3O4/c1-17(25(31)28-21-12-10-18-7-4-5-8-19(18)15-21)34-27(33)20-11-13-22-23(16-20)29-24-9-3-2-6-14-30(24)26(22)32/h4-5,7-8,10-13,15-17H,2-3,6,9,14H2,1H3,(H,28,31)/t17-/m1/s1. The van der Waals surface area contributed by atoms with Crippen LogP contribution in [0.3, 0.4) is 0 Å². The van der Waals surface area contributed by atoms with E-state index in [0.717, 1.165) is 42.3 Å². The molecule has 7 nitrogen and oxygen atoms in total. The Kier molecular flexibility index (Phi) is 5.84. The minimum absolute atomic E-state index is 0.0788. The van der Waals surface area contributed by atoms with Crippen molar-refractivity contribution in [2.45, 2.75) is 45.3 Å². The highest BCUT2D eigenvalue weighted by molar-refractivity contribution is 5.99. The molecule has 1 N–H and O–H groups in total. The smallest absolute Gasteiger partial charge is 0.338 e. The van der Waals surface area contributed by atoms with Crippen molar-refractivity contribution in [3.63, 3.8) is 0 Å². The van der Waals surface area contributed by atoms with Crippen molar-refractivity contribution >= 4 is 39.2 Å². The second kappa shape index (κ2) is 9.09. The van der Waals surface area contributed by atoms with E-state index >= 15 is 0 Å². The molecule has 2 heterocycles. The van der Waals surface area contributed by atoms with Gasteiger partial charge in [-0.15, -0.1) is 0 Å². The topological polar surface area (TPSA) is 90.3 Å². The van der Waals surface area contributed by atoms with Gasteiger partial charge in [0.2, 0.25) is 0 Å². The van der Waals surface area contributed by atoms with Crippen LogP contribution >= 0.6 is 0 Å². The van der Waals surface area contributed by atoms with Crippen molar-refractivity contribution in [1.82, 2.24) is 9.55 Å². The number of anilines is 1. The van der Waals surface area contributed by atoms with Gasteiger partial charge in [0.15, 0.2) is 6.10 Å². The lowest BCUT2D eigenvalue weighted by Gasteiger charge is -2.14. The molecule has 0 saturated carbocycles. The van der Waals surface area contributed by atoms with Gasteiger partial charge in [0, 0.05) is 18.7 Å². The van der Waals surface area contributed by atoms with Crippen LogP contribution in [0.2, 0.25) is 0 Å². The first-order chi connectivity index (χ1) is 16.5. The maximum atomic E-state index is 12.9. The van der Waals surface area contributed by atoms with Gasteiger partial charge in [0.25, 0.3) is 11.5 Å². The molecule has 1 aromatic heterocycles. The predicted octanol–water partition coefficient (Wildman–Crippen LogP) is 4.46. The molecule has 1 amide bonds. The van der Waals surface area contributed by atoms with Crippen LogP contribution in [0.4, 0.5) is 5.69 Å². The summed E-state index contributed by atoms with van der Waals surface area (Å²) in [5, 5.41) is 5.34. The summed E-state index contributed by atoms with van der Waals surface area (Å²) in [4.78, 5) is 42.9. The number of aromatic nitrogens is 2. The summed E-state index contributed by atoms with van der Waals surface area (Å²) in [7, 11) is 0. The molecule has 5 rings (SSSR count). The number of hydrogen-bond acceptors (Lipinski definition) is 5. The van der Waals surface area contributed by atoms with Crippen molar-refractivity contribution in [3.8, 4) is 0 Å². The number of ether oxygens (including phenoxy) is 1. The lowest BCUT2D eigenvalue weighted by Crippen LogP contribution is -2.30. The average molecular weight is 456 g/mol. The first-order valence-electron chi connectivity index (χ1n) is 11.5. The van der Waals surface area contributed by atoms with Gasteiger partial charge >= 0.3 is 5.97 Å². The van der Waals surface area contributed by atoms with Gasteiger partial charge in [-0.3, -0.25) is 14.2 Å². The van der Waals surface area contributed by atoms with Crippen LogP contribution in [0, 0.1) is 0 Å². The molecule has 4 aromatic rings. The lowest BCUT2D eigenvalue weighted by atomic mass is 10.1. The first kappa shape index (κ1) is 21.8. The molecular weight excluding hydrogens is 430 g/mol. The molecule has 0 bridgehead atoms. The fourth-order valence-corrected chi connectivity index (χ4v) is 4.34. The van der Waals surface area contributed by atoms with Crippen LogP contribution in [0.1, 0.15) is 42.4 Å². The van der Waals surface area contributed by atoms with Crippen molar-refractivity contribution in [1.29, 1.82) is 0 Å². The first-order valence-corrected chi connectivity index (χ1v) is 11.5. The summed E-state index contributed by atoms with van der Waals surface area (Å²) in [6, 6.07) is 18.2. The van der Waals surface area contributed by atoms with Crippen LogP contribution in [-0.2, 0) is 22.5 Å². The Morgan fingerprint density at radius 2 is 1.82 bits per heavy atom. The number of amides is 1. The minimum Gasteiger partial charge on any atom is -0.449 e. The van der Waals surface area contributed by atoms with E-state index in [4.69, 9.17) is 4.74 Å². The van der Waals surface area contributed by atoms with Crippen LogP contribution in [0.5, 0.6) is 0 Å². The predicted molar refractivity (Wildman–Crippen MR) is 131 cm³/mol. The van der Waals surface area contributed by atoms with Gasteiger partial charge in [-0.25, -0.2) is 9.78 Å². The second-order valence-electron chi connectivity index (χ2n) is 8.63. The zero-order valence-electron chi connectivity index (χ0n) is 18.9. The van der Waals surface area contributed by atoms with E-state index in [-0.39, 0.29) is 11.1 Å². The Morgan fingerprint density at radius 3 is 2.68 bits per heavy atom. The quantitative estimate of drug-likeness (QED) is 0.459. The lowest BCUT2D eigenvalue weighted by molar-refractivity contribution is -0.123. The third-order valence-electron chi connectivity index (χ3n) is 6.22. The monoisotopic (exact) mass is 455 g/mol. The molecule has 0 fully saturated rings. The number of nitrogens with zero attached hydrogens (tertiary/aromatic N) is 2. The number of benzene rings is 3. The van der Waals surface area contributed by atoms with Crippen molar-refractivity contribution in [3.05, 3.63) is 82.4 Å². The summed E-state index contributed by atoms with van der Waals surface area (Å²) in [5.41, 5.74) is 1.27. The summed E-state index contributed by atoms with van der Waals surface area (Å²) in [6.07, 6.45) is 2.76. The normalized spacial score (nSPS) is 14.3. The molecule has 7 heteroatoms. The van der Waals surface area contributed by atoms with Gasteiger partial charge in [-0.05, 0) is 60.9 Å². The maximum absolute atomic E-state index is 12.9. The highest BCUT2D eigenvalue weighted by Crippen LogP contribution is 2.20. The Balaban J connectivity index is 1.32. The van der Waals surface area contributed by atoms with Crippen LogP contribution in [0.25, 0.3) is 21.7 Å². The van der Waals surface area contributed by atoms with Crippen molar-refractivity contribution < 1.29 is 14.3 Å². The van der Waals surface area contributed by atoms with E-state index in [0.29, 0.717) is 23.1 Å². The molecule has 1 atom stereocenters. The third-order valence-corrected chi connectivity index (χ3v) is 6.22. The highest BCUT2D eigenvalue weighted by atomic mass is 16.5. The number of nitrogens with one attached hydrogen (secondary N) is 1. The Hall–Kier alpha value is -4.00. The van der Waals surface area contributed by atoms with Crippen LogP contribution < -0.4 is 10.9 Å². The van der Waals surface area contributed by atoms with Gasteiger partial charge in [-0.2, -0.15) is 0 Å². The molecule has 172 valence electrons. The van der Waals surface area contributed by atoms with E-state index in [2.05, 4.69) is 10.3 Å². The number of aryl methyl sites for hydroxylation is 1. The van der Waals surface area contributed by atoms with Crippen LogP contribution in [0.15, 0.2) is 65.5 Å². The Labute approximate surface area is 196 Å². The summed E-state index contributed by atoms with van der Waals surface area (Å²) >= 11 is 0. The average Bonchev–Trinajstić information content (AvgIpc) is 3.09. The van der Waals surface area contributed by atoms with Crippen LogP contribution in [-0.4, -0.2) is 27.5 Å². The molecule has 0 saturated heterocycles. The number of fused-ring (bicyclic) bond motifs is 3. The maximum Gasteiger partial charge on any atom is 0.338 e. The Bertz CT molecular complexity index is 1470. The molecule has 0 radical (unpaired) electrons. The molecule has 1 aliphatic rings. The number of rotatable bonds is 4. The van der Waals surface area contributed by atoms with E-state index in [9.17, 15) is 14.4 Å². The SMILES string of the molecule is C[C@@H](OC(=O)c1ccc2c(=O)n3c(nc2c1)CCCCC3)C(=O)Nc1ccc2ccccc2c1. The van der Waals surface area contributed by atoms with E-state index in [1.807, 2.05) is 42.5 Å². The van der Waals surface area contributed by atoms with E-state index < -0.39 is 18.0 Å². The zero-order valence-corrected chi connectivity index (χ0v) is 18.9. The van der Waals surface area contributed by atoms with Gasteiger partial charge in [-0.1, -0.05) is 36.8 Å². The van der Waals surface area contributed by atoms with Gasteiger partial charge < -0.3 is 10.1 Å². The van der Waals surface area contributed by atoms with Gasteiger partial charge in [0.1, 0.15) is 5.82 Å². The number of carbonyl (C=O) groups excluding carboxylic acids is 2. The zero-order chi connectivity index (χ0) is 23.7.